The maximum atomic E-state index is 11.5. The fraction of sp³-hybridized carbons (Fsp3) is 0.167. The van der Waals surface area contributed by atoms with Gasteiger partial charge in [0.15, 0.2) is 0 Å². The van der Waals surface area contributed by atoms with Crippen molar-refractivity contribution in [1.29, 1.82) is 5.41 Å². The van der Waals surface area contributed by atoms with E-state index in [-0.39, 0.29) is 5.97 Å². The van der Waals surface area contributed by atoms with Crippen molar-refractivity contribution in [2.45, 2.75) is 20.8 Å². The highest BCUT2D eigenvalue weighted by atomic mass is 16.5. The fourth-order valence-electron chi connectivity index (χ4n) is 3.05. The number of aryl methyl sites for hydroxylation is 2. The molecule has 0 fully saturated rings. The molecule has 3 rings (SSSR count). The summed E-state index contributed by atoms with van der Waals surface area (Å²) in [6.07, 6.45) is 6.16. The topological polar surface area (TPSA) is 100.0 Å². The molecule has 0 aliphatic carbocycles. The molecule has 3 N–H and O–H groups in total. The van der Waals surface area contributed by atoms with Gasteiger partial charge in [-0.25, -0.2) is 9.78 Å². The van der Waals surface area contributed by atoms with Gasteiger partial charge in [0.05, 0.1) is 6.61 Å². The van der Waals surface area contributed by atoms with E-state index < -0.39 is 0 Å². The maximum absolute atomic E-state index is 11.5. The number of esters is 1. The van der Waals surface area contributed by atoms with Gasteiger partial charge in [0.25, 0.3) is 0 Å². The Hall–Kier alpha value is -4.00. The molecule has 0 bridgehead atoms. The van der Waals surface area contributed by atoms with Crippen molar-refractivity contribution in [3.63, 3.8) is 0 Å². The van der Waals surface area contributed by atoms with Crippen LogP contribution in [0, 0.1) is 19.3 Å². The molecule has 0 aliphatic rings. The molecule has 1 heterocycles. The molecule has 0 radical (unpaired) electrons. The average Bonchev–Trinajstić information content (AvgIpc) is 2.76. The number of nitrogens with one attached hydrogen (secondary N) is 3. The molecule has 0 amide bonds. The van der Waals surface area contributed by atoms with Gasteiger partial charge in [-0.15, -0.1) is 0 Å². The first-order valence-corrected chi connectivity index (χ1v) is 9.92. The highest BCUT2D eigenvalue weighted by molar-refractivity contribution is 5.87. The minimum Gasteiger partial charge on any atom is -0.463 e. The van der Waals surface area contributed by atoms with Crippen molar-refractivity contribution >= 4 is 41.4 Å². The molecule has 2 aromatic carbocycles. The van der Waals surface area contributed by atoms with Gasteiger partial charge in [0.2, 0.25) is 5.95 Å². The molecule has 31 heavy (non-hydrogen) atoms. The summed E-state index contributed by atoms with van der Waals surface area (Å²) in [5.74, 6) is 0.778. The Morgan fingerprint density at radius 1 is 1.06 bits per heavy atom. The van der Waals surface area contributed by atoms with Gasteiger partial charge in [0, 0.05) is 29.9 Å². The van der Waals surface area contributed by atoms with Gasteiger partial charge in [-0.1, -0.05) is 12.1 Å². The minimum absolute atomic E-state index is 0.353. The average molecular weight is 415 g/mol. The van der Waals surface area contributed by atoms with Crippen molar-refractivity contribution < 1.29 is 9.53 Å². The van der Waals surface area contributed by atoms with Crippen LogP contribution in [-0.2, 0) is 9.53 Å². The quantitative estimate of drug-likeness (QED) is 0.267. The zero-order valence-corrected chi connectivity index (χ0v) is 17.8. The zero-order valence-electron chi connectivity index (χ0n) is 17.8. The van der Waals surface area contributed by atoms with Crippen molar-refractivity contribution in [2.75, 3.05) is 17.2 Å². The summed E-state index contributed by atoms with van der Waals surface area (Å²) in [5.41, 5.74) is 5.60. The van der Waals surface area contributed by atoms with E-state index in [2.05, 4.69) is 20.6 Å². The van der Waals surface area contributed by atoms with Gasteiger partial charge >= 0.3 is 5.97 Å². The van der Waals surface area contributed by atoms with Crippen molar-refractivity contribution in [2.24, 2.45) is 0 Å². The van der Waals surface area contributed by atoms with Gasteiger partial charge in [-0.3, -0.25) is 0 Å². The molecule has 0 saturated heterocycles. The molecule has 0 unspecified atom stereocenters. The predicted octanol–water partition coefficient (Wildman–Crippen LogP) is 5.15. The monoisotopic (exact) mass is 415 g/mol. The molecule has 1 aromatic heterocycles. The van der Waals surface area contributed by atoms with Crippen LogP contribution in [0.2, 0.25) is 0 Å². The summed E-state index contributed by atoms with van der Waals surface area (Å²) in [6, 6.07) is 13.2. The van der Waals surface area contributed by atoms with E-state index in [4.69, 9.17) is 10.1 Å². The van der Waals surface area contributed by atoms with Gasteiger partial charge < -0.3 is 20.8 Å². The van der Waals surface area contributed by atoms with E-state index in [1.54, 1.807) is 25.3 Å². The zero-order chi connectivity index (χ0) is 22.2. The number of nitrogens with zero attached hydrogens (tertiary/aromatic N) is 2. The first kappa shape index (κ1) is 21.7. The predicted molar refractivity (Wildman–Crippen MR) is 125 cm³/mol. The lowest BCUT2D eigenvalue weighted by Gasteiger charge is -2.14. The number of hydrogen-bond donors (Lipinski definition) is 3. The van der Waals surface area contributed by atoms with E-state index in [9.17, 15) is 4.79 Å². The Balaban J connectivity index is 1.75. The number of ether oxygens (including phenoxy) is 1. The number of hydrogen-bond acceptors (Lipinski definition) is 7. The highest BCUT2D eigenvalue weighted by Crippen LogP contribution is 2.26. The second-order valence-electron chi connectivity index (χ2n) is 6.90. The number of rotatable bonds is 8. The van der Waals surface area contributed by atoms with E-state index >= 15 is 0 Å². The normalized spacial score (nSPS) is 10.7. The van der Waals surface area contributed by atoms with Crippen LogP contribution >= 0.6 is 0 Å². The molecule has 3 aromatic rings. The fourth-order valence-corrected chi connectivity index (χ4v) is 3.05. The molecule has 158 valence electrons. The lowest BCUT2D eigenvalue weighted by molar-refractivity contribution is -0.137. The molecule has 7 nitrogen and oxygen atoms in total. The van der Waals surface area contributed by atoms with E-state index in [1.807, 2.05) is 50.2 Å². The minimum atomic E-state index is -0.353. The lowest BCUT2D eigenvalue weighted by Crippen LogP contribution is -2.03. The van der Waals surface area contributed by atoms with Crippen LogP contribution in [0.3, 0.4) is 0 Å². The van der Waals surface area contributed by atoms with Crippen LogP contribution in [0.5, 0.6) is 0 Å². The summed E-state index contributed by atoms with van der Waals surface area (Å²) in [7, 11) is 0. The summed E-state index contributed by atoms with van der Waals surface area (Å²) < 4.78 is 4.92. The largest absolute Gasteiger partial charge is 0.463 e. The summed E-state index contributed by atoms with van der Waals surface area (Å²) in [6.45, 7) is 6.14. The smallest absolute Gasteiger partial charge is 0.330 e. The van der Waals surface area contributed by atoms with E-state index in [0.717, 1.165) is 33.6 Å². The first-order valence-electron chi connectivity index (χ1n) is 9.92. The Bertz CT molecular complexity index is 1080. The Morgan fingerprint density at radius 2 is 1.77 bits per heavy atom. The van der Waals surface area contributed by atoms with Crippen LogP contribution in [-0.4, -0.2) is 28.8 Å². The Labute approximate surface area is 181 Å². The van der Waals surface area contributed by atoms with Crippen molar-refractivity contribution in [3.05, 3.63) is 77.0 Å². The van der Waals surface area contributed by atoms with Crippen LogP contribution in [0.25, 0.3) is 6.08 Å². The number of carbonyl (C=O) groups excluding carboxylic acids is 1. The maximum Gasteiger partial charge on any atom is 0.330 e. The summed E-state index contributed by atoms with van der Waals surface area (Å²) in [5, 5.41) is 13.8. The number of benzene rings is 2. The molecule has 0 spiro atoms. The molecular formula is C24H25N5O2. The second-order valence-corrected chi connectivity index (χ2v) is 6.90. The lowest BCUT2D eigenvalue weighted by atomic mass is 10.0. The molecule has 7 heteroatoms. The SMILES string of the molecule is CCOC(=O)/C=C/c1cc(C)c(Nc2ccnc(Nc3ccc(C=N)cc3)n2)c(C)c1. The van der Waals surface area contributed by atoms with Crippen molar-refractivity contribution in [3.8, 4) is 0 Å². The molecule has 0 aliphatic heterocycles. The molecular weight excluding hydrogens is 390 g/mol. The third-order valence-corrected chi connectivity index (χ3v) is 4.50. The van der Waals surface area contributed by atoms with Gasteiger partial charge in [-0.2, -0.15) is 4.98 Å². The molecule has 0 atom stereocenters. The standard InChI is InChI=1S/C24H25N5O2/c1-4-31-22(30)10-7-19-13-16(2)23(17(3)14-19)28-21-11-12-26-24(29-21)27-20-8-5-18(15-25)6-9-20/h5-15,25H,4H2,1-3H3,(H2,26,27,28,29)/b10-7+,25-15?. The van der Waals surface area contributed by atoms with Crippen LogP contribution in [0.4, 0.5) is 23.1 Å². The summed E-state index contributed by atoms with van der Waals surface area (Å²) in [4.78, 5) is 20.3. The van der Waals surface area contributed by atoms with E-state index in [0.29, 0.717) is 18.4 Å². The third-order valence-electron chi connectivity index (χ3n) is 4.50. The van der Waals surface area contributed by atoms with E-state index in [1.165, 1.54) is 12.3 Å². The van der Waals surface area contributed by atoms with Crippen LogP contribution in [0.1, 0.15) is 29.2 Å². The summed E-state index contributed by atoms with van der Waals surface area (Å²) >= 11 is 0. The molecule has 0 saturated carbocycles. The van der Waals surface area contributed by atoms with Crippen molar-refractivity contribution in [1.82, 2.24) is 9.97 Å². The van der Waals surface area contributed by atoms with Gasteiger partial charge in [-0.05, 0) is 79.4 Å². The number of carbonyl (C=O) groups is 1. The number of anilines is 4. The van der Waals surface area contributed by atoms with Gasteiger partial charge in [0.1, 0.15) is 5.82 Å². The van der Waals surface area contributed by atoms with Crippen LogP contribution in [0.15, 0.2) is 54.7 Å². The third kappa shape index (κ3) is 5.99. The highest BCUT2D eigenvalue weighted by Gasteiger charge is 2.07. The second kappa shape index (κ2) is 10.2. The Morgan fingerprint density at radius 3 is 2.42 bits per heavy atom. The van der Waals surface area contributed by atoms with Crippen LogP contribution < -0.4 is 10.6 Å². The first-order chi connectivity index (χ1) is 15.0. The number of aromatic nitrogens is 2. The Kier molecular flexibility index (Phi) is 7.11.